The lowest BCUT2D eigenvalue weighted by molar-refractivity contribution is 0.0701. The summed E-state index contributed by atoms with van der Waals surface area (Å²) in [6.45, 7) is 1.67. The average molecular weight is 350 g/mol. The highest BCUT2D eigenvalue weighted by atomic mass is 32.1. The van der Waals surface area contributed by atoms with Crippen LogP contribution >= 0.6 is 11.3 Å². The van der Waals surface area contributed by atoms with E-state index in [9.17, 15) is 15.2 Å². The molecular weight excluding hydrogens is 336 g/mol. The molecule has 0 bridgehead atoms. The summed E-state index contributed by atoms with van der Waals surface area (Å²) in [7, 11) is 1.60. The Kier molecular flexibility index (Phi) is 4.50. The molecule has 1 aromatic heterocycles. The van der Waals surface area contributed by atoms with E-state index in [0.29, 0.717) is 22.0 Å². The molecule has 0 aliphatic carbocycles. The van der Waals surface area contributed by atoms with Crippen LogP contribution in [0.3, 0.4) is 0 Å². The Bertz CT molecular complexity index is 1000. The Morgan fingerprint density at radius 3 is 2.68 bits per heavy atom. The molecular formula is C19H14N2O3S. The second-order valence-electron chi connectivity index (χ2n) is 5.34. The third kappa shape index (κ3) is 3.23. The van der Waals surface area contributed by atoms with Crippen molar-refractivity contribution in [1.82, 2.24) is 4.98 Å². The lowest BCUT2D eigenvalue weighted by Gasteiger charge is -2.08. The molecule has 0 unspecified atom stereocenters. The van der Waals surface area contributed by atoms with Gasteiger partial charge in [0, 0.05) is 5.56 Å². The molecule has 0 atom stereocenters. The van der Waals surface area contributed by atoms with Crippen molar-refractivity contribution in [3.05, 3.63) is 58.6 Å². The van der Waals surface area contributed by atoms with Crippen LogP contribution in [0.25, 0.3) is 21.7 Å². The summed E-state index contributed by atoms with van der Waals surface area (Å²) in [5, 5.41) is 19.3. The molecule has 0 saturated carbocycles. The molecule has 3 rings (SSSR count). The Morgan fingerprint density at radius 1 is 1.24 bits per heavy atom. The van der Waals surface area contributed by atoms with Crippen molar-refractivity contribution in [3.63, 3.8) is 0 Å². The molecule has 0 spiro atoms. The molecule has 0 aliphatic rings. The van der Waals surface area contributed by atoms with Crippen molar-refractivity contribution in [3.8, 4) is 33.5 Å². The third-order valence-corrected chi connectivity index (χ3v) is 4.95. The minimum Gasteiger partial charge on any atom is -0.497 e. The van der Waals surface area contributed by atoms with E-state index in [-0.39, 0.29) is 4.88 Å². The second kappa shape index (κ2) is 6.75. The van der Waals surface area contributed by atoms with Crippen LogP contribution in [0.15, 0.2) is 42.5 Å². The summed E-state index contributed by atoms with van der Waals surface area (Å²) in [4.78, 5) is 15.7. The Labute approximate surface area is 148 Å². The van der Waals surface area contributed by atoms with Gasteiger partial charge < -0.3 is 9.84 Å². The number of ether oxygens (including phenoxy) is 1. The number of nitrogens with zero attached hydrogens (tertiary/aromatic N) is 2. The topological polar surface area (TPSA) is 83.2 Å². The molecule has 0 radical (unpaired) electrons. The fourth-order valence-electron chi connectivity index (χ4n) is 2.53. The van der Waals surface area contributed by atoms with Gasteiger partial charge in [0.05, 0.1) is 24.4 Å². The van der Waals surface area contributed by atoms with E-state index < -0.39 is 5.97 Å². The summed E-state index contributed by atoms with van der Waals surface area (Å²) in [6.07, 6.45) is 0. The van der Waals surface area contributed by atoms with E-state index in [4.69, 9.17) is 4.74 Å². The highest BCUT2D eigenvalue weighted by Gasteiger charge is 2.16. The summed E-state index contributed by atoms with van der Waals surface area (Å²) in [6, 6.07) is 15.1. The number of nitriles is 1. The smallest absolute Gasteiger partial charge is 0.347 e. The van der Waals surface area contributed by atoms with Crippen LogP contribution in [0.5, 0.6) is 5.75 Å². The van der Waals surface area contributed by atoms with Crippen molar-refractivity contribution in [2.45, 2.75) is 6.92 Å². The maximum atomic E-state index is 11.2. The van der Waals surface area contributed by atoms with Crippen LogP contribution in [0.2, 0.25) is 0 Å². The number of methoxy groups -OCH3 is 1. The highest BCUT2D eigenvalue weighted by molar-refractivity contribution is 7.17. The molecule has 0 aliphatic heterocycles. The van der Waals surface area contributed by atoms with Gasteiger partial charge in [0.1, 0.15) is 15.6 Å². The van der Waals surface area contributed by atoms with E-state index >= 15 is 0 Å². The van der Waals surface area contributed by atoms with E-state index in [1.54, 1.807) is 20.1 Å². The normalized spacial score (nSPS) is 10.3. The average Bonchev–Trinajstić information content (AvgIpc) is 3.03. The number of hydrogen-bond acceptors (Lipinski definition) is 5. The molecule has 5 nitrogen and oxygen atoms in total. The Hall–Kier alpha value is -3.17. The maximum Gasteiger partial charge on any atom is 0.347 e. The summed E-state index contributed by atoms with van der Waals surface area (Å²) in [5.74, 6) is -0.276. The van der Waals surface area contributed by atoms with Gasteiger partial charge in [-0.3, -0.25) is 0 Å². The first-order valence-corrected chi connectivity index (χ1v) is 8.25. The first-order valence-electron chi connectivity index (χ1n) is 7.43. The standard InChI is InChI=1S/C19H14N2O3S/c1-11-17(19(22)23)25-18(21-11)13-6-7-16(14(8-13)10-20)12-4-3-5-15(9-12)24-2/h3-9H,1-2H3,(H,22,23). The number of thiazole rings is 1. The first-order chi connectivity index (χ1) is 12.0. The largest absolute Gasteiger partial charge is 0.497 e. The van der Waals surface area contributed by atoms with Gasteiger partial charge in [-0.2, -0.15) is 5.26 Å². The highest BCUT2D eigenvalue weighted by Crippen LogP contribution is 2.33. The monoisotopic (exact) mass is 350 g/mol. The number of hydrogen-bond donors (Lipinski definition) is 1. The minimum atomic E-state index is -0.991. The van der Waals surface area contributed by atoms with Crippen LogP contribution in [-0.2, 0) is 0 Å². The number of aromatic carboxylic acids is 1. The second-order valence-corrected chi connectivity index (χ2v) is 6.34. The van der Waals surface area contributed by atoms with Crippen molar-refractivity contribution in [2.75, 3.05) is 7.11 Å². The summed E-state index contributed by atoms with van der Waals surface area (Å²) in [5.41, 5.74) is 3.36. The van der Waals surface area contributed by atoms with Crippen molar-refractivity contribution < 1.29 is 14.6 Å². The summed E-state index contributed by atoms with van der Waals surface area (Å²) >= 11 is 1.11. The zero-order chi connectivity index (χ0) is 18.0. The van der Waals surface area contributed by atoms with E-state index in [1.807, 2.05) is 36.4 Å². The van der Waals surface area contributed by atoms with Gasteiger partial charge in [-0.05, 0) is 36.2 Å². The lowest BCUT2D eigenvalue weighted by Crippen LogP contribution is -1.94. The van der Waals surface area contributed by atoms with Crippen molar-refractivity contribution in [2.24, 2.45) is 0 Å². The molecule has 0 saturated heterocycles. The zero-order valence-corrected chi connectivity index (χ0v) is 14.4. The van der Waals surface area contributed by atoms with Gasteiger partial charge in [-0.1, -0.05) is 24.3 Å². The van der Waals surface area contributed by atoms with Crippen LogP contribution in [0, 0.1) is 18.3 Å². The van der Waals surface area contributed by atoms with E-state index in [2.05, 4.69) is 11.1 Å². The number of rotatable bonds is 4. The van der Waals surface area contributed by atoms with Crippen LogP contribution in [0.4, 0.5) is 0 Å². The number of aryl methyl sites for hydroxylation is 1. The quantitative estimate of drug-likeness (QED) is 0.755. The molecule has 0 amide bonds. The fourth-order valence-corrected chi connectivity index (χ4v) is 3.43. The van der Waals surface area contributed by atoms with Gasteiger partial charge in [-0.15, -0.1) is 11.3 Å². The maximum absolute atomic E-state index is 11.2. The molecule has 1 N–H and O–H groups in total. The summed E-state index contributed by atoms with van der Waals surface area (Å²) < 4.78 is 5.23. The number of carboxylic acids is 1. The van der Waals surface area contributed by atoms with Crippen LogP contribution < -0.4 is 4.74 Å². The molecule has 0 fully saturated rings. The van der Waals surface area contributed by atoms with Gasteiger partial charge in [-0.25, -0.2) is 9.78 Å². The fraction of sp³-hybridized carbons (Fsp3) is 0.105. The number of carbonyl (C=O) groups is 1. The van der Waals surface area contributed by atoms with Crippen LogP contribution in [-0.4, -0.2) is 23.2 Å². The van der Waals surface area contributed by atoms with Gasteiger partial charge in [0.25, 0.3) is 0 Å². The third-order valence-electron chi connectivity index (χ3n) is 3.76. The first kappa shape index (κ1) is 16.7. The number of aromatic nitrogens is 1. The molecule has 25 heavy (non-hydrogen) atoms. The Morgan fingerprint density at radius 2 is 2.04 bits per heavy atom. The van der Waals surface area contributed by atoms with Crippen LogP contribution in [0.1, 0.15) is 20.9 Å². The lowest BCUT2D eigenvalue weighted by atomic mass is 9.98. The van der Waals surface area contributed by atoms with Gasteiger partial charge in [0.15, 0.2) is 0 Å². The van der Waals surface area contributed by atoms with Gasteiger partial charge in [0.2, 0.25) is 0 Å². The predicted octanol–water partition coefficient (Wildman–Crippen LogP) is 4.36. The van der Waals surface area contributed by atoms with Gasteiger partial charge >= 0.3 is 5.97 Å². The minimum absolute atomic E-state index is 0.213. The van der Waals surface area contributed by atoms with E-state index in [0.717, 1.165) is 28.0 Å². The molecule has 124 valence electrons. The predicted molar refractivity (Wildman–Crippen MR) is 95.9 cm³/mol. The van der Waals surface area contributed by atoms with Crippen molar-refractivity contribution >= 4 is 17.3 Å². The van der Waals surface area contributed by atoms with Crippen molar-refractivity contribution in [1.29, 1.82) is 5.26 Å². The molecule has 1 heterocycles. The van der Waals surface area contributed by atoms with E-state index in [1.165, 1.54) is 0 Å². The molecule has 6 heteroatoms. The zero-order valence-electron chi connectivity index (χ0n) is 13.6. The number of benzene rings is 2. The Balaban J connectivity index is 2.07. The molecule has 3 aromatic rings. The number of carboxylic acid groups (broad SMARTS) is 1. The molecule has 2 aromatic carbocycles. The SMILES string of the molecule is COc1cccc(-c2ccc(-c3nc(C)c(C(=O)O)s3)cc2C#N)c1.